The second-order valence-corrected chi connectivity index (χ2v) is 4.52. The highest BCUT2D eigenvalue weighted by molar-refractivity contribution is 7.21. The SMILES string of the molecule is COc1ccc(-c2cc3nncnc3s2)cc1. The quantitative estimate of drug-likeness (QED) is 0.694. The summed E-state index contributed by atoms with van der Waals surface area (Å²) in [6, 6.07) is 9.94. The van der Waals surface area contributed by atoms with Crippen molar-refractivity contribution in [3.63, 3.8) is 0 Å². The molecule has 0 aliphatic rings. The second kappa shape index (κ2) is 4.10. The Morgan fingerprint density at radius 1 is 1.18 bits per heavy atom. The number of aromatic nitrogens is 3. The fourth-order valence-corrected chi connectivity index (χ4v) is 2.54. The zero-order valence-electron chi connectivity index (χ0n) is 9.12. The average molecular weight is 243 g/mol. The summed E-state index contributed by atoms with van der Waals surface area (Å²) in [5.74, 6) is 0.854. The molecule has 2 heterocycles. The van der Waals surface area contributed by atoms with Crippen LogP contribution in [0.5, 0.6) is 5.75 Å². The Balaban J connectivity index is 2.07. The minimum atomic E-state index is 0.836. The van der Waals surface area contributed by atoms with Gasteiger partial charge in [0.2, 0.25) is 0 Å². The minimum Gasteiger partial charge on any atom is -0.497 e. The Kier molecular flexibility index (Phi) is 2.45. The summed E-state index contributed by atoms with van der Waals surface area (Å²) < 4.78 is 5.13. The van der Waals surface area contributed by atoms with Gasteiger partial charge in [0, 0.05) is 4.88 Å². The molecule has 3 rings (SSSR count). The van der Waals surface area contributed by atoms with Crippen molar-refractivity contribution < 1.29 is 4.74 Å². The van der Waals surface area contributed by atoms with Gasteiger partial charge in [-0.1, -0.05) is 0 Å². The predicted molar refractivity (Wildman–Crippen MR) is 67.2 cm³/mol. The van der Waals surface area contributed by atoms with Crippen molar-refractivity contribution in [2.24, 2.45) is 0 Å². The van der Waals surface area contributed by atoms with Gasteiger partial charge in [-0.25, -0.2) is 4.98 Å². The van der Waals surface area contributed by atoms with E-state index in [0.29, 0.717) is 0 Å². The molecule has 0 atom stereocenters. The van der Waals surface area contributed by atoms with Crippen LogP contribution >= 0.6 is 11.3 Å². The Hall–Kier alpha value is -2.01. The van der Waals surface area contributed by atoms with Gasteiger partial charge in [-0.15, -0.1) is 21.5 Å². The maximum atomic E-state index is 5.13. The molecule has 0 amide bonds. The van der Waals surface area contributed by atoms with E-state index in [1.165, 1.54) is 6.33 Å². The molecule has 0 spiro atoms. The highest BCUT2D eigenvalue weighted by atomic mass is 32.1. The monoisotopic (exact) mass is 243 g/mol. The number of fused-ring (bicyclic) bond motifs is 1. The second-order valence-electron chi connectivity index (χ2n) is 3.49. The van der Waals surface area contributed by atoms with Crippen molar-refractivity contribution >= 4 is 21.7 Å². The van der Waals surface area contributed by atoms with E-state index >= 15 is 0 Å². The summed E-state index contributed by atoms with van der Waals surface area (Å²) in [7, 11) is 1.66. The number of ether oxygens (including phenoxy) is 1. The molecule has 0 aliphatic carbocycles. The summed E-state index contributed by atoms with van der Waals surface area (Å²) >= 11 is 1.61. The van der Waals surface area contributed by atoms with E-state index in [1.807, 2.05) is 30.3 Å². The van der Waals surface area contributed by atoms with Gasteiger partial charge in [0.25, 0.3) is 0 Å². The van der Waals surface area contributed by atoms with Crippen LogP contribution in [0.15, 0.2) is 36.7 Å². The van der Waals surface area contributed by atoms with Crippen LogP contribution in [-0.2, 0) is 0 Å². The van der Waals surface area contributed by atoms with E-state index in [9.17, 15) is 0 Å². The molecule has 2 aromatic heterocycles. The summed E-state index contributed by atoms with van der Waals surface area (Å²) in [5, 5.41) is 7.81. The standard InChI is InChI=1S/C12H9N3OS/c1-16-9-4-2-8(3-5-9)11-6-10-12(17-11)13-7-14-15-10/h2-7H,1H3. The highest BCUT2D eigenvalue weighted by Gasteiger charge is 2.06. The first-order valence-corrected chi connectivity index (χ1v) is 5.90. The zero-order valence-corrected chi connectivity index (χ0v) is 9.94. The van der Waals surface area contributed by atoms with E-state index in [4.69, 9.17) is 4.74 Å². The number of hydrogen-bond acceptors (Lipinski definition) is 5. The lowest BCUT2D eigenvalue weighted by Crippen LogP contribution is -1.81. The van der Waals surface area contributed by atoms with Crippen molar-refractivity contribution in [1.29, 1.82) is 0 Å². The molecule has 5 heteroatoms. The van der Waals surface area contributed by atoms with Crippen LogP contribution < -0.4 is 4.74 Å². The molecule has 0 fully saturated rings. The van der Waals surface area contributed by atoms with Crippen LogP contribution in [0.2, 0.25) is 0 Å². The zero-order chi connectivity index (χ0) is 11.7. The van der Waals surface area contributed by atoms with Gasteiger partial charge in [0.1, 0.15) is 22.4 Å². The molecule has 0 saturated carbocycles. The predicted octanol–water partition coefficient (Wildman–Crippen LogP) is 2.76. The van der Waals surface area contributed by atoms with Gasteiger partial charge in [0.15, 0.2) is 0 Å². The molecule has 3 aromatic rings. The number of thiophene rings is 1. The average Bonchev–Trinajstić information content (AvgIpc) is 2.82. The van der Waals surface area contributed by atoms with Crippen molar-refractivity contribution in [2.45, 2.75) is 0 Å². The normalized spacial score (nSPS) is 10.6. The van der Waals surface area contributed by atoms with Crippen LogP contribution in [0.3, 0.4) is 0 Å². The Bertz CT molecular complexity index is 615. The van der Waals surface area contributed by atoms with Crippen molar-refractivity contribution in [2.75, 3.05) is 7.11 Å². The molecule has 0 N–H and O–H groups in total. The lowest BCUT2D eigenvalue weighted by molar-refractivity contribution is 0.415. The van der Waals surface area contributed by atoms with Crippen molar-refractivity contribution in [3.8, 4) is 16.2 Å². The van der Waals surface area contributed by atoms with Gasteiger partial charge in [-0.3, -0.25) is 0 Å². The molecule has 84 valence electrons. The molecular weight excluding hydrogens is 234 g/mol. The van der Waals surface area contributed by atoms with Crippen LogP contribution in [-0.4, -0.2) is 22.3 Å². The third kappa shape index (κ3) is 1.85. The molecule has 0 unspecified atom stereocenters. The van der Waals surface area contributed by atoms with E-state index in [1.54, 1.807) is 18.4 Å². The van der Waals surface area contributed by atoms with Gasteiger partial charge in [0.05, 0.1) is 7.11 Å². The smallest absolute Gasteiger partial charge is 0.146 e. The molecule has 4 nitrogen and oxygen atoms in total. The highest BCUT2D eigenvalue weighted by Crippen LogP contribution is 2.31. The van der Waals surface area contributed by atoms with E-state index in [2.05, 4.69) is 15.2 Å². The van der Waals surface area contributed by atoms with Crippen LogP contribution in [0.25, 0.3) is 20.8 Å². The van der Waals surface area contributed by atoms with Gasteiger partial charge in [-0.2, -0.15) is 0 Å². The Morgan fingerprint density at radius 3 is 2.71 bits per heavy atom. The van der Waals surface area contributed by atoms with Crippen molar-refractivity contribution in [3.05, 3.63) is 36.7 Å². The maximum Gasteiger partial charge on any atom is 0.146 e. The first-order valence-electron chi connectivity index (χ1n) is 5.08. The lowest BCUT2D eigenvalue weighted by atomic mass is 10.2. The molecule has 0 aliphatic heterocycles. The maximum absolute atomic E-state index is 5.13. The third-order valence-corrected chi connectivity index (χ3v) is 3.54. The third-order valence-electron chi connectivity index (χ3n) is 2.46. The molecule has 17 heavy (non-hydrogen) atoms. The Labute approximate surface area is 102 Å². The number of methoxy groups -OCH3 is 1. The van der Waals surface area contributed by atoms with Gasteiger partial charge in [-0.05, 0) is 35.9 Å². The summed E-state index contributed by atoms with van der Waals surface area (Å²) in [6.45, 7) is 0. The summed E-state index contributed by atoms with van der Waals surface area (Å²) in [6.07, 6.45) is 1.47. The van der Waals surface area contributed by atoms with Crippen LogP contribution in [0.4, 0.5) is 0 Å². The van der Waals surface area contributed by atoms with Gasteiger partial charge >= 0.3 is 0 Å². The van der Waals surface area contributed by atoms with E-state index in [-0.39, 0.29) is 0 Å². The van der Waals surface area contributed by atoms with Crippen LogP contribution in [0.1, 0.15) is 0 Å². The number of hydrogen-bond donors (Lipinski definition) is 0. The number of benzene rings is 1. The van der Waals surface area contributed by atoms with Gasteiger partial charge < -0.3 is 4.74 Å². The van der Waals surface area contributed by atoms with E-state index in [0.717, 1.165) is 26.5 Å². The first-order chi connectivity index (χ1) is 8.36. The largest absolute Gasteiger partial charge is 0.497 e. The lowest BCUT2D eigenvalue weighted by Gasteiger charge is -2.00. The molecule has 0 saturated heterocycles. The Morgan fingerprint density at radius 2 is 2.00 bits per heavy atom. The molecular formula is C12H9N3OS. The number of nitrogens with zero attached hydrogens (tertiary/aromatic N) is 3. The fraction of sp³-hybridized carbons (Fsp3) is 0.0833. The number of rotatable bonds is 2. The van der Waals surface area contributed by atoms with Crippen molar-refractivity contribution in [1.82, 2.24) is 15.2 Å². The molecule has 0 radical (unpaired) electrons. The fourth-order valence-electron chi connectivity index (χ4n) is 1.60. The van der Waals surface area contributed by atoms with E-state index < -0.39 is 0 Å². The van der Waals surface area contributed by atoms with Crippen LogP contribution in [0, 0.1) is 0 Å². The minimum absolute atomic E-state index is 0.836. The molecule has 0 bridgehead atoms. The topological polar surface area (TPSA) is 47.9 Å². The molecule has 1 aromatic carbocycles. The first kappa shape index (κ1) is 10.2. The summed E-state index contributed by atoms with van der Waals surface area (Å²) in [5.41, 5.74) is 1.97. The summed E-state index contributed by atoms with van der Waals surface area (Å²) in [4.78, 5) is 6.22.